The highest BCUT2D eigenvalue weighted by Gasteiger charge is 1.60. The zero-order valence-electron chi connectivity index (χ0n) is 6.62. The van der Waals surface area contributed by atoms with Gasteiger partial charge in [-0.05, 0) is 24.3 Å². The van der Waals surface area contributed by atoms with Crippen molar-refractivity contribution in [1.82, 2.24) is 0 Å². The van der Waals surface area contributed by atoms with E-state index in [-0.39, 0.29) is 0 Å². The van der Waals surface area contributed by atoms with Gasteiger partial charge in [0.15, 0.2) is 0 Å². The molecule has 12 heavy (non-hydrogen) atoms. The van der Waals surface area contributed by atoms with Crippen molar-refractivity contribution in [2.75, 3.05) is 0 Å². The summed E-state index contributed by atoms with van der Waals surface area (Å²) in [5, 5.41) is 0. The van der Waals surface area contributed by atoms with Crippen LogP contribution < -0.4 is 0 Å². The molecule has 2 rings (SSSR count). The van der Waals surface area contributed by atoms with Crippen LogP contribution in [0.25, 0.3) is 0 Å². The van der Waals surface area contributed by atoms with Crippen LogP contribution >= 0.6 is 0 Å². The van der Waals surface area contributed by atoms with Crippen molar-refractivity contribution in [3.63, 3.8) is 0 Å². The molecular formula is C12H8. The van der Waals surface area contributed by atoms with Crippen LogP contribution in [0.5, 0.6) is 0 Å². The highest BCUT2D eigenvalue weighted by molar-refractivity contribution is 4.96. The molecule has 56 valence electrons. The van der Waals surface area contributed by atoms with Crippen LogP contribution in [0, 0.1) is 24.3 Å². The van der Waals surface area contributed by atoms with E-state index in [2.05, 4.69) is 24.3 Å². The summed E-state index contributed by atoms with van der Waals surface area (Å²) in [6.07, 6.45) is 0. The molecule has 0 amide bonds. The third-order valence-corrected chi connectivity index (χ3v) is 1.11. The lowest BCUT2D eigenvalue weighted by atomic mass is 10.4. The fourth-order valence-electron chi connectivity index (χ4n) is 0.607. The molecule has 0 heteroatoms. The van der Waals surface area contributed by atoms with E-state index in [1.165, 1.54) is 0 Å². The Bertz CT molecular complexity index is 175. The fourth-order valence-corrected chi connectivity index (χ4v) is 0.607. The predicted molar refractivity (Wildman–Crippen MR) is 48.2 cm³/mol. The third kappa shape index (κ3) is 4.29. The summed E-state index contributed by atoms with van der Waals surface area (Å²) in [4.78, 5) is 0. The standard InChI is InChI=1S/2C6H4/c2*1-2-4-6-5-3-1/h2*1-4H. The van der Waals surface area contributed by atoms with Crippen molar-refractivity contribution >= 4 is 0 Å². The maximum absolute atomic E-state index is 2.77. The Morgan fingerprint density at radius 2 is 0.667 bits per heavy atom. The van der Waals surface area contributed by atoms with E-state index in [0.717, 1.165) is 0 Å². The summed E-state index contributed by atoms with van der Waals surface area (Å²) in [5.74, 6) is 0. The minimum Gasteiger partial charge on any atom is -0.0616 e. The van der Waals surface area contributed by atoms with E-state index in [4.69, 9.17) is 0 Å². The van der Waals surface area contributed by atoms with Gasteiger partial charge in [-0.25, -0.2) is 0 Å². The molecule has 0 saturated carbocycles. The van der Waals surface area contributed by atoms with Crippen molar-refractivity contribution in [2.24, 2.45) is 0 Å². The van der Waals surface area contributed by atoms with Gasteiger partial charge in [-0.1, -0.05) is 48.5 Å². The second-order valence-corrected chi connectivity index (χ2v) is 2.01. The molecule has 0 aromatic heterocycles. The summed E-state index contributed by atoms with van der Waals surface area (Å²) in [6, 6.07) is 26.0. The average Bonchev–Trinajstić information content (AvgIpc) is 2.24. The molecule has 0 aliphatic heterocycles. The molecule has 0 aliphatic rings. The topological polar surface area (TPSA) is 0 Å². The van der Waals surface area contributed by atoms with Gasteiger partial charge in [0.2, 0.25) is 0 Å². The van der Waals surface area contributed by atoms with Crippen LogP contribution in [0.1, 0.15) is 0 Å². The largest absolute Gasteiger partial charge is 0.0616 e. The Kier molecular flexibility index (Phi) is 4.39. The molecule has 0 fully saturated rings. The summed E-state index contributed by atoms with van der Waals surface area (Å²) >= 11 is 0. The van der Waals surface area contributed by atoms with E-state index in [1.807, 2.05) is 48.5 Å². The van der Waals surface area contributed by atoms with Gasteiger partial charge in [-0.3, -0.25) is 0 Å². The van der Waals surface area contributed by atoms with Gasteiger partial charge in [0.1, 0.15) is 0 Å². The molecule has 0 bridgehead atoms. The number of rotatable bonds is 0. The van der Waals surface area contributed by atoms with E-state index >= 15 is 0 Å². The van der Waals surface area contributed by atoms with Crippen molar-refractivity contribution in [2.45, 2.75) is 0 Å². The van der Waals surface area contributed by atoms with Gasteiger partial charge in [-0.2, -0.15) is 0 Å². The van der Waals surface area contributed by atoms with Gasteiger partial charge in [0.25, 0.3) is 0 Å². The average molecular weight is 152 g/mol. The van der Waals surface area contributed by atoms with Crippen molar-refractivity contribution < 1.29 is 0 Å². The molecular weight excluding hydrogens is 144 g/mol. The van der Waals surface area contributed by atoms with E-state index in [1.54, 1.807) is 0 Å². The lowest BCUT2D eigenvalue weighted by Crippen LogP contribution is -1.50. The number of hydrogen-bond acceptors (Lipinski definition) is 0. The summed E-state index contributed by atoms with van der Waals surface area (Å²) < 4.78 is 0. The molecule has 0 saturated heterocycles. The molecule has 0 atom stereocenters. The Morgan fingerprint density at radius 1 is 0.417 bits per heavy atom. The molecule has 0 heterocycles. The molecule has 2 aromatic carbocycles. The van der Waals surface area contributed by atoms with Crippen LogP contribution in [0.2, 0.25) is 0 Å². The van der Waals surface area contributed by atoms with E-state index in [0.29, 0.717) is 0 Å². The molecule has 0 unspecified atom stereocenters. The van der Waals surface area contributed by atoms with Gasteiger partial charge < -0.3 is 0 Å². The first-order chi connectivity index (χ1) is 6.00. The first kappa shape index (κ1) is 8.54. The molecule has 4 radical (unpaired) electrons. The smallest absolute Gasteiger partial charge is 0.00990 e. The van der Waals surface area contributed by atoms with Crippen molar-refractivity contribution in [1.29, 1.82) is 0 Å². The lowest BCUT2D eigenvalue weighted by molar-refractivity contribution is 1.68. The molecule has 0 spiro atoms. The predicted octanol–water partition coefficient (Wildman–Crippen LogP) is 2.57. The van der Waals surface area contributed by atoms with E-state index in [9.17, 15) is 0 Å². The van der Waals surface area contributed by atoms with Crippen LogP contribution in [-0.4, -0.2) is 0 Å². The van der Waals surface area contributed by atoms with Crippen LogP contribution in [0.4, 0.5) is 0 Å². The minimum absolute atomic E-state index is 1.82. The first-order valence-corrected chi connectivity index (χ1v) is 3.65. The quantitative estimate of drug-likeness (QED) is 0.544. The monoisotopic (exact) mass is 152 g/mol. The van der Waals surface area contributed by atoms with Gasteiger partial charge in [0, 0.05) is 0 Å². The maximum Gasteiger partial charge on any atom is -0.00990 e. The normalized spacial score (nSPS) is 8.00. The zero-order chi connectivity index (χ0) is 8.49. The minimum atomic E-state index is 1.82. The highest BCUT2D eigenvalue weighted by Crippen LogP contribution is 1.78. The Morgan fingerprint density at radius 3 is 0.750 bits per heavy atom. The number of benzene rings is 2. The van der Waals surface area contributed by atoms with Crippen molar-refractivity contribution in [3.8, 4) is 0 Å². The first-order valence-electron chi connectivity index (χ1n) is 3.65. The Labute approximate surface area is 73.5 Å². The van der Waals surface area contributed by atoms with Crippen LogP contribution in [0.15, 0.2) is 48.5 Å². The second kappa shape index (κ2) is 6.17. The summed E-state index contributed by atoms with van der Waals surface area (Å²) in [6.45, 7) is 0. The molecule has 0 nitrogen and oxygen atoms in total. The lowest BCUT2D eigenvalue weighted by Gasteiger charge is -1.67. The number of hydrogen-bond donors (Lipinski definition) is 0. The summed E-state index contributed by atoms with van der Waals surface area (Å²) in [7, 11) is 0. The Hall–Kier alpha value is -1.56. The third-order valence-electron chi connectivity index (χ3n) is 1.11. The highest BCUT2D eigenvalue weighted by atomic mass is 13.7. The SMILES string of the molecule is [c]1[c]cccc1.[c]1[c]cccc1. The van der Waals surface area contributed by atoms with E-state index < -0.39 is 0 Å². The Balaban J connectivity index is 0.000000120. The second-order valence-electron chi connectivity index (χ2n) is 2.01. The summed E-state index contributed by atoms with van der Waals surface area (Å²) in [5.41, 5.74) is 0. The fraction of sp³-hybridized carbons (Fsp3) is 0. The van der Waals surface area contributed by atoms with Crippen molar-refractivity contribution in [3.05, 3.63) is 72.8 Å². The van der Waals surface area contributed by atoms with Crippen LogP contribution in [-0.2, 0) is 0 Å². The molecule has 2 aromatic rings. The molecule has 0 N–H and O–H groups in total. The van der Waals surface area contributed by atoms with Crippen LogP contribution in [0.3, 0.4) is 0 Å². The zero-order valence-corrected chi connectivity index (χ0v) is 6.62. The van der Waals surface area contributed by atoms with Gasteiger partial charge in [-0.15, -0.1) is 0 Å². The van der Waals surface area contributed by atoms with Gasteiger partial charge >= 0.3 is 0 Å². The maximum atomic E-state index is 2.77. The molecule has 0 aliphatic carbocycles. The van der Waals surface area contributed by atoms with Gasteiger partial charge in [0.05, 0.1) is 0 Å².